The highest BCUT2D eigenvalue weighted by atomic mass is 16.7. The Morgan fingerprint density at radius 1 is 1.20 bits per heavy atom. The summed E-state index contributed by atoms with van der Waals surface area (Å²) >= 11 is 0. The molecule has 0 saturated carbocycles. The van der Waals surface area contributed by atoms with E-state index in [1.54, 1.807) is 30.3 Å². The molecular weight excluding hydrogens is 322 g/mol. The van der Waals surface area contributed by atoms with Crippen molar-refractivity contribution in [2.75, 3.05) is 19.9 Å². The molecule has 0 spiro atoms. The summed E-state index contributed by atoms with van der Waals surface area (Å²) in [5, 5.41) is 9.37. The number of rotatable bonds is 7. The number of allylic oxidation sites excluding steroid dienone is 1. The van der Waals surface area contributed by atoms with Crippen LogP contribution in [0.3, 0.4) is 0 Å². The van der Waals surface area contributed by atoms with Gasteiger partial charge in [0.2, 0.25) is 6.79 Å². The van der Waals surface area contributed by atoms with Crippen LogP contribution in [-0.2, 0) is 0 Å². The second-order valence-electron chi connectivity index (χ2n) is 5.54. The third-order valence-electron chi connectivity index (χ3n) is 3.68. The van der Waals surface area contributed by atoms with E-state index in [0.29, 0.717) is 22.8 Å². The molecule has 6 heteroatoms. The van der Waals surface area contributed by atoms with Gasteiger partial charge >= 0.3 is 0 Å². The minimum atomic E-state index is -0.703. The molecule has 1 atom stereocenters. The van der Waals surface area contributed by atoms with Crippen molar-refractivity contribution < 1.29 is 24.1 Å². The highest BCUT2D eigenvalue weighted by Gasteiger charge is 2.12. The topological polar surface area (TPSA) is 91.0 Å². The number of hydrogen-bond acceptors (Lipinski definition) is 6. The summed E-state index contributed by atoms with van der Waals surface area (Å²) < 4.78 is 15.9. The van der Waals surface area contributed by atoms with Gasteiger partial charge in [0.1, 0.15) is 18.5 Å². The second-order valence-corrected chi connectivity index (χ2v) is 5.54. The van der Waals surface area contributed by atoms with Crippen LogP contribution in [0.4, 0.5) is 0 Å². The highest BCUT2D eigenvalue weighted by molar-refractivity contribution is 6.06. The maximum atomic E-state index is 12.2. The molecule has 0 radical (unpaired) electrons. The lowest BCUT2D eigenvalue weighted by atomic mass is 10.1. The zero-order valence-corrected chi connectivity index (χ0v) is 13.6. The summed E-state index contributed by atoms with van der Waals surface area (Å²) in [5.74, 6) is 1.84. The van der Waals surface area contributed by atoms with E-state index in [2.05, 4.69) is 0 Å². The monoisotopic (exact) mass is 341 g/mol. The second kappa shape index (κ2) is 7.83. The number of aliphatic hydroxyl groups is 1. The molecule has 1 aliphatic heterocycles. The van der Waals surface area contributed by atoms with Crippen molar-refractivity contribution >= 4 is 11.9 Å². The fourth-order valence-electron chi connectivity index (χ4n) is 2.26. The predicted octanol–water partition coefficient (Wildman–Crippen LogP) is 2.01. The molecule has 2 aromatic carbocycles. The molecule has 2 aromatic rings. The van der Waals surface area contributed by atoms with Crippen molar-refractivity contribution in [2.45, 2.75) is 6.10 Å². The Bertz CT molecular complexity index is 770. The lowest BCUT2D eigenvalue weighted by Crippen LogP contribution is -2.26. The van der Waals surface area contributed by atoms with Gasteiger partial charge in [0.25, 0.3) is 0 Å². The summed E-state index contributed by atoms with van der Waals surface area (Å²) in [6, 6.07) is 12.2. The van der Waals surface area contributed by atoms with E-state index < -0.39 is 6.10 Å². The Morgan fingerprint density at radius 2 is 1.96 bits per heavy atom. The largest absolute Gasteiger partial charge is 0.491 e. The van der Waals surface area contributed by atoms with Gasteiger partial charge in [-0.1, -0.05) is 12.1 Å². The molecule has 3 rings (SSSR count). The lowest BCUT2D eigenvalue weighted by Gasteiger charge is -2.10. The molecule has 0 saturated heterocycles. The van der Waals surface area contributed by atoms with Gasteiger partial charge in [-0.3, -0.25) is 4.79 Å². The number of nitrogens with two attached hydrogens (primary N) is 1. The number of ketones is 1. The molecule has 1 unspecified atom stereocenters. The van der Waals surface area contributed by atoms with Crippen LogP contribution >= 0.6 is 0 Å². The Labute approximate surface area is 145 Å². The number of carbonyl (C=O) groups is 1. The standard InChI is InChI=1S/C19H19NO5/c20-10-15(21)11-23-16-5-3-14(4-6-16)17(22)7-1-13-2-8-18-19(9-13)25-12-24-18/h1-9,15,21H,10-12,20H2/b7-1+. The van der Waals surface area contributed by atoms with E-state index in [-0.39, 0.29) is 25.7 Å². The van der Waals surface area contributed by atoms with Crippen LogP contribution in [0.2, 0.25) is 0 Å². The first-order chi connectivity index (χ1) is 12.2. The summed E-state index contributed by atoms with van der Waals surface area (Å²) in [5.41, 5.74) is 6.71. The molecule has 1 heterocycles. The van der Waals surface area contributed by atoms with E-state index in [1.165, 1.54) is 6.08 Å². The van der Waals surface area contributed by atoms with Gasteiger partial charge < -0.3 is 25.1 Å². The highest BCUT2D eigenvalue weighted by Crippen LogP contribution is 2.32. The quantitative estimate of drug-likeness (QED) is 0.591. The van der Waals surface area contributed by atoms with Gasteiger partial charge in [0.05, 0.1) is 0 Å². The van der Waals surface area contributed by atoms with E-state index in [4.69, 9.17) is 19.9 Å². The van der Waals surface area contributed by atoms with Crippen molar-refractivity contribution in [3.63, 3.8) is 0 Å². The molecule has 0 amide bonds. The van der Waals surface area contributed by atoms with E-state index in [9.17, 15) is 9.90 Å². The van der Waals surface area contributed by atoms with Crippen molar-refractivity contribution in [1.29, 1.82) is 0 Å². The maximum absolute atomic E-state index is 12.2. The SMILES string of the molecule is NCC(O)COc1ccc(C(=O)/C=C/c2ccc3c(c2)OCO3)cc1. The first kappa shape index (κ1) is 17.0. The summed E-state index contributed by atoms with van der Waals surface area (Å²) in [6.45, 7) is 0.479. The lowest BCUT2D eigenvalue weighted by molar-refractivity contribution is 0.104. The fraction of sp³-hybridized carbons (Fsp3) is 0.211. The molecule has 0 bridgehead atoms. The first-order valence-corrected chi connectivity index (χ1v) is 7.89. The molecule has 6 nitrogen and oxygen atoms in total. The molecule has 0 aromatic heterocycles. The van der Waals surface area contributed by atoms with Crippen molar-refractivity contribution in [3.8, 4) is 17.2 Å². The van der Waals surface area contributed by atoms with Crippen LogP contribution in [0.15, 0.2) is 48.5 Å². The molecule has 0 aliphatic carbocycles. The minimum Gasteiger partial charge on any atom is -0.491 e. The van der Waals surface area contributed by atoms with Crippen molar-refractivity contribution in [1.82, 2.24) is 0 Å². The predicted molar refractivity (Wildman–Crippen MR) is 92.9 cm³/mol. The van der Waals surface area contributed by atoms with Gasteiger partial charge in [-0.25, -0.2) is 0 Å². The van der Waals surface area contributed by atoms with E-state index >= 15 is 0 Å². The summed E-state index contributed by atoms with van der Waals surface area (Å²) in [6.07, 6.45) is 2.53. The van der Waals surface area contributed by atoms with Crippen LogP contribution in [0.1, 0.15) is 15.9 Å². The Hall–Kier alpha value is -2.83. The van der Waals surface area contributed by atoms with Gasteiger partial charge in [0, 0.05) is 12.1 Å². The normalized spacial score (nSPS) is 13.8. The number of fused-ring (bicyclic) bond motifs is 1. The van der Waals surface area contributed by atoms with Gasteiger partial charge in [-0.15, -0.1) is 0 Å². The molecule has 0 fully saturated rings. The zero-order valence-electron chi connectivity index (χ0n) is 13.6. The maximum Gasteiger partial charge on any atom is 0.231 e. The van der Waals surface area contributed by atoms with Crippen LogP contribution in [0.25, 0.3) is 6.08 Å². The zero-order chi connectivity index (χ0) is 17.6. The van der Waals surface area contributed by atoms with Crippen LogP contribution in [0, 0.1) is 0 Å². The molecular formula is C19H19NO5. The minimum absolute atomic E-state index is 0.119. The average molecular weight is 341 g/mol. The molecule has 3 N–H and O–H groups in total. The fourth-order valence-corrected chi connectivity index (χ4v) is 2.26. The van der Waals surface area contributed by atoms with Crippen LogP contribution in [0.5, 0.6) is 17.2 Å². The molecule has 130 valence electrons. The number of carbonyl (C=O) groups excluding carboxylic acids is 1. The van der Waals surface area contributed by atoms with Crippen LogP contribution in [-0.4, -0.2) is 36.9 Å². The van der Waals surface area contributed by atoms with Crippen molar-refractivity contribution in [2.24, 2.45) is 5.73 Å². The average Bonchev–Trinajstić information content (AvgIpc) is 3.12. The number of aliphatic hydroxyl groups excluding tert-OH is 1. The van der Waals surface area contributed by atoms with Gasteiger partial charge in [0.15, 0.2) is 17.3 Å². The Kier molecular flexibility index (Phi) is 5.33. The Balaban J connectivity index is 1.61. The van der Waals surface area contributed by atoms with E-state index in [0.717, 1.165) is 5.56 Å². The van der Waals surface area contributed by atoms with E-state index in [1.807, 2.05) is 18.2 Å². The smallest absolute Gasteiger partial charge is 0.231 e. The molecule has 25 heavy (non-hydrogen) atoms. The third-order valence-corrected chi connectivity index (χ3v) is 3.68. The summed E-state index contributed by atoms with van der Waals surface area (Å²) in [7, 11) is 0. The van der Waals surface area contributed by atoms with Crippen molar-refractivity contribution in [3.05, 3.63) is 59.7 Å². The number of hydrogen-bond donors (Lipinski definition) is 2. The van der Waals surface area contributed by atoms with Crippen LogP contribution < -0.4 is 19.9 Å². The number of ether oxygens (including phenoxy) is 3. The number of benzene rings is 2. The van der Waals surface area contributed by atoms with Gasteiger partial charge in [-0.2, -0.15) is 0 Å². The third kappa shape index (κ3) is 4.37. The molecule has 1 aliphatic rings. The first-order valence-electron chi connectivity index (χ1n) is 7.89. The summed E-state index contributed by atoms with van der Waals surface area (Å²) in [4.78, 5) is 12.2. The Morgan fingerprint density at radius 3 is 2.72 bits per heavy atom. The van der Waals surface area contributed by atoms with Gasteiger partial charge in [-0.05, 0) is 48.0 Å².